The molecule has 2 saturated heterocycles. The van der Waals surface area contributed by atoms with Gasteiger partial charge >= 0.3 is 0 Å². The van der Waals surface area contributed by atoms with Gasteiger partial charge in [0, 0.05) is 25.0 Å². The molecule has 0 radical (unpaired) electrons. The summed E-state index contributed by atoms with van der Waals surface area (Å²) in [6, 6.07) is 5.61. The molecule has 1 aromatic carbocycles. The number of hydrogen-bond acceptors (Lipinski definition) is 2. The maximum atomic E-state index is 14.2. The highest BCUT2D eigenvalue weighted by molar-refractivity contribution is 9.08. The summed E-state index contributed by atoms with van der Waals surface area (Å²) in [6.07, 6.45) is 5.11. The van der Waals surface area contributed by atoms with Gasteiger partial charge in [0.1, 0.15) is 5.82 Å². The quantitative estimate of drug-likeness (QED) is 0.753. The second-order valence-corrected chi connectivity index (χ2v) is 6.92. The Labute approximate surface area is 135 Å². The Balaban J connectivity index is 1.55. The van der Waals surface area contributed by atoms with Crippen LogP contribution in [0.15, 0.2) is 18.2 Å². The second-order valence-electron chi connectivity index (χ2n) is 6.36. The lowest BCUT2D eigenvalue weighted by Crippen LogP contribution is -2.38. The molecule has 2 nitrogen and oxygen atoms in total. The van der Waals surface area contributed by atoms with E-state index in [0.29, 0.717) is 5.33 Å². The number of halogens is 2. The second kappa shape index (κ2) is 7.10. The minimum atomic E-state index is -0.0788. The van der Waals surface area contributed by atoms with Crippen LogP contribution in [0.1, 0.15) is 31.2 Å². The summed E-state index contributed by atoms with van der Waals surface area (Å²) in [6.45, 7) is 5.79. The van der Waals surface area contributed by atoms with Gasteiger partial charge in [-0.2, -0.15) is 0 Å². The van der Waals surface area contributed by atoms with Gasteiger partial charge in [-0.1, -0.05) is 22.0 Å². The van der Waals surface area contributed by atoms with Crippen LogP contribution >= 0.6 is 15.9 Å². The number of alkyl halides is 1. The molecule has 2 fully saturated rings. The molecular weight excluding hydrogens is 331 g/mol. The van der Waals surface area contributed by atoms with Crippen LogP contribution in [0.5, 0.6) is 0 Å². The maximum Gasteiger partial charge on any atom is 0.146 e. The SMILES string of the molecule is Fc1cc(CBr)ccc1N1CCC(CN2CCCC2)CC1. The molecule has 3 rings (SSSR count). The molecule has 2 heterocycles. The van der Waals surface area contributed by atoms with E-state index in [1.165, 1.54) is 45.3 Å². The van der Waals surface area contributed by atoms with Gasteiger partial charge in [0.2, 0.25) is 0 Å². The zero-order valence-corrected chi connectivity index (χ0v) is 14.1. The predicted molar refractivity (Wildman–Crippen MR) is 89.6 cm³/mol. The normalized spacial score (nSPS) is 21.1. The minimum absolute atomic E-state index is 0.0788. The van der Waals surface area contributed by atoms with Crippen LogP contribution in [-0.2, 0) is 5.33 Å². The highest BCUT2D eigenvalue weighted by atomic mass is 79.9. The standard InChI is InChI=1S/C17H24BrFN2/c18-12-15-3-4-17(16(19)11-15)21-9-5-14(6-10-21)13-20-7-1-2-8-20/h3-4,11,14H,1-2,5-10,12-13H2. The first-order chi connectivity index (χ1) is 10.3. The number of anilines is 1. The van der Waals surface area contributed by atoms with Crippen LogP contribution in [0, 0.1) is 11.7 Å². The van der Waals surface area contributed by atoms with Crippen molar-refractivity contribution in [2.75, 3.05) is 37.6 Å². The van der Waals surface area contributed by atoms with Crippen molar-refractivity contribution >= 4 is 21.6 Å². The van der Waals surface area contributed by atoms with Gasteiger partial charge in [0.05, 0.1) is 5.69 Å². The molecule has 0 N–H and O–H groups in total. The number of nitrogens with zero attached hydrogens (tertiary/aromatic N) is 2. The summed E-state index contributed by atoms with van der Waals surface area (Å²) in [5.41, 5.74) is 1.78. The van der Waals surface area contributed by atoms with Crippen LogP contribution in [0.2, 0.25) is 0 Å². The van der Waals surface area contributed by atoms with Gasteiger partial charge in [0.15, 0.2) is 0 Å². The zero-order chi connectivity index (χ0) is 14.7. The van der Waals surface area contributed by atoms with Crippen molar-refractivity contribution in [3.63, 3.8) is 0 Å². The van der Waals surface area contributed by atoms with E-state index in [9.17, 15) is 4.39 Å². The van der Waals surface area contributed by atoms with Gasteiger partial charge in [-0.25, -0.2) is 4.39 Å². The fourth-order valence-corrected chi connectivity index (χ4v) is 3.93. The number of piperidine rings is 1. The summed E-state index contributed by atoms with van der Waals surface area (Å²) in [5, 5.41) is 0.710. The highest BCUT2D eigenvalue weighted by Crippen LogP contribution is 2.27. The van der Waals surface area contributed by atoms with E-state index < -0.39 is 0 Å². The number of rotatable bonds is 4. The van der Waals surface area contributed by atoms with Crippen molar-refractivity contribution in [1.29, 1.82) is 0 Å². The molecule has 21 heavy (non-hydrogen) atoms. The average molecular weight is 355 g/mol. The first-order valence-electron chi connectivity index (χ1n) is 8.08. The Morgan fingerprint density at radius 2 is 1.81 bits per heavy atom. The zero-order valence-electron chi connectivity index (χ0n) is 12.5. The van der Waals surface area contributed by atoms with Crippen LogP contribution in [0.25, 0.3) is 0 Å². The van der Waals surface area contributed by atoms with Gasteiger partial charge in [-0.05, 0) is 62.4 Å². The molecule has 0 spiro atoms. The molecule has 2 aliphatic rings. The lowest BCUT2D eigenvalue weighted by atomic mass is 9.95. The highest BCUT2D eigenvalue weighted by Gasteiger charge is 2.24. The topological polar surface area (TPSA) is 6.48 Å². The summed E-state index contributed by atoms with van der Waals surface area (Å²) >= 11 is 3.38. The third-order valence-electron chi connectivity index (χ3n) is 4.84. The van der Waals surface area contributed by atoms with E-state index in [-0.39, 0.29) is 5.82 Å². The van der Waals surface area contributed by atoms with E-state index >= 15 is 0 Å². The predicted octanol–water partition coefficient (Wildman–Crippen LogP) is 4.03. The number of likely N-dealkylation sites (tertiary alicyclic amines) is 1. The Bertz CT molecular complexity index is 466. The summed E-state index contributed by atoms with van der Waals surface area (Å²) in [4.78, 5) is 4.82. The largest absolute Gasteiger partial charge is 0.369 e. The third-order valence-corrected chi connectivity index (χ3v) is 5.48. The number of benzene rings is 1. The average Bonchev–Trinajstić information content (AvgIpc) is 3.01. The van der Waals surface area contributed by atoms with Crippen LogP contribution < -0.4 is 4.90 Å². The first-order valence-corrected chi connectivity index (χ1v) is 9.20. The molecule has 0 saturated carbocycles. The van der Waals surface area contributed by atoms with Crippen molar-refractivity contribution in [3.05, 3.63) is 29.6 Å². The smallest absolute Gasteiger partial charge is 0.146 e. The van der Waals surface area contributed by atoms with Crippen molar-refractivity contribution in [2.45, 2.75) is 31.0 Å². The molecule has 0 bridgehead atoms. The molecule has 0 unspecified atom stereocenters. The van der Waals surface area contributed by atoms with E-state index in [1.54, 1.807) is 6.07 Å². The Kier molecular flexibility index (Phi) is 5.17. The third kappa shape index (κ3) is 3.78. The Morgan fingerprint density at radius 1 is 1.10 bits per heavy atom. The molecular formula is C17H24BrFN2. The lowest BCUT2D eigenvalue weighted by Gasteiger charge is -2.35. The molecule has 0 atom stereocenters. The molecule has 1 aromatic rings. The first kappa shape index (κ1) is 15.3. The van der Waals surface area contributed by atoms with Crippen LogP contribution in [0.3, 0.4) is 0 Å². The van der Waals surface area contributed by atoms with E-state index in [1.807, 2.05) is 12.1 Å². The molecule has 0 aliphatic carbocycles. The summed E-state index contributed by atoms with van der Waals surface area (Å²) in [5.74, 6) is 0.717. The van der Waals surface area contributed by atoms with E-state index in [0.717, 1.165) is 30.3 Å². The number of hydrogen-bond donors (Lipinski definition) is 0. The van der Waals surface area contributed by atoms with E-state index in [4.69, 9.17) is 0 Å². The van der Waals surface area contributed by atoms with Crippen LogP contribution in [-0.4, -0.2) is 37.6 Å². The monoisotopic (exact) mass is 354 g/mol. The van der Waals surface area contributed by atoms with Crippen molar-refractivity contribution in [2.24, 2.45) is 5.92 Å². The van der Waals surface area contributed by atoms with Gasteiger partial charge < -0.3 is 9.80 Å². The minimum Gasteiger partial charge on any atom is -0.369 e. The summed E-state index contributed by atoms with van der Waals surface area (Å²) < 4.78 is 14.2. The Hall–Kier alpha value is -0.610. The Morgan fingerprint density at radius 3 is 2.43 bits per heavy atom. The molecule has 4 heteroatoms. The van der Waals surface area contributed by atoms with Gasteiger partial charge in [0.25, 0.3) is 0 Å². The molecule has 2 aliphatic heterocycles. The van der Waals surface area contributed by atoms with Crippen molar-refractivity contribution in [3.8, 4) is 0 Å². The lowest BCUT2D eigenvalue weighted by molar-refractivity contribution is 0.249. The maximum absolute atomic E-state index is 14.2. The fraction of sp³-hybridized carbons (Fsp3) is 0.647. The summed E-state index contributed by atoms with van der Waals surface area (Å²) in [7, 11) is 0. The van der Waals surface area contributed by atoms with Crippen LogP contribution in [0.4, 0.5) is 10.1 Å². The van der Waals surface area contributed by atoms with E-state index in [2.05, 4.69) is 25.7 Å². The molecule has 116 valence electrons. The van der Waals surface area contributed by atoms with Gasteiger partial charge in [-0.15, -0.1) is 0 Å². The molecule has 0 amide bonds. The van der Waals surface area contributed by atoms with Crippen molar-refractivity contribution in [1.82, 2.24) is 4.90 Å². The van der Waals surface area contributed by atoms with Gasteiger partial charge in [-0.3, -0.25) is 0 Å². The fourth-order valence-electron chi connectivity index (χ4n) is 3.58. The molecule has 0 aromatic heterocycles. The van der Waals surface area contributed by atoms with Crippen molar-refractivity contribution < 1.29 is 4.39 Å².